The van der Waals surface area contributed by atoms with Crippen LogP contribution < -0.4 is 10.1 Å². The van der Waals surface area contributed by atoms with Crippen LogP contribution in [0, 0.1) is 0 Å². The second-order valence-corrected chi connectivity index (χ2v) is 4.98. The molecule has 1 aliphatic carbocycles. The molecule has 0 unspecified atom stereocenters. The van der Waals surface area contributed by atoms with Crippen LogP contribution in [0.15, 0.2) is 36.8 Å². The van der Waals surface area contributed by atoms with E-state index in [2.05, 4.69) is 27.4 Å². The fraction of sp³-hybridized carbons (Fsp3) is 0.312. The number of nitrogens with zero attached hydrogens (tertiary/aromatic N) is 2. The Morgan fingerprint density at radius 2 is 2.14 bits per heavy atom. The van der Waals surface area contributed by atoms with Crippen LogP contribution in [0.25, 0.3) is 0 Å². The number of hydrogen-bond acceptors (Lipinski definition) is 4. The van der Waals surface area contributed by atoms with Gasteiger partial charge in [-0.05, 0) is 42.5 Å². The maximum absolute atomic E-state index is 11.7. The highest BCUT2D eigenvalue weighted by Gasteiger charge is 2.11. The quantitative estimate of drug-likeness (QED) is 0.849. The molecule has 0 fully saturated rings. The monoisotopic (exact) mass is 283 g/mol. The van der Waals surface area contributed by atoms with Crippen molar-refractivity contribution in [2.45, 2.75) is 19.3 Å². The van der Waals surface area contributed by atoms with Crippen LogP contribution in [0.4, 0.5) is 0 Å². The predicted molar refractivity (Wildman–Crippen MR) is 78.3 cm³/mol. The minimum Gasteiger partial charge on any atom is -0.492 e. The molecule has 1 aliphatic rings. The van der Waals surface area contributed by atoms with Crippen molar-refractivity contribution in [3.63, 3.8) is 0 Å². The molecule has 108 valence electrons. The third-order valence-corrected chi connectivity index (χ3v) is 3.52. The summed E-state index contributed by atoms with van der Waals surface area (Å²) in [5, 5.41) is 2.76. The molecule has 5 nitrogen and oxygen atoms in total. The minimum atomic E-state index is -0.236. The lowest BCUT2D eigenvalue weighted by atomic mass is 10.1. The van der Waals surface area contributed by atoms with Crippen LogP contribution in [0.5, 0.6) is 5.75 Å². The summed E-state index contributed by atoms with van der Waals surface area (Å²) < 4.78 is 5.67. The van der Waals surface area contributed by atoms with Crippen LogP contribution in [0.2, 0.25) is 0 Å². The second-order valence-electron chi connectivity index (χ2n) is 4.98. The standard InChI is InChI=1S/C16H17N3O2/c20-16(15-11-17-6-7-18-15)19-8-9-21-14-5-4-12-2-1-3-13(12)10-14/h4-7,10-11H,1-3,8-9H2,(H,19,20). The second kappa shape index (κ2) is 6.35. The molecule has 1 amide bonds. The summed E-state index contributed by atoms with van der Waals surface area (Å²) in [6, 6.07) is 6.23. The van der Waals surface area contributed by atoms with E-state index in [-0.39, 0.29) is 5.91 Å². The molecule has 0 saturated carbocycles. The summed E-state index contributed by atoms with van der Waals surface area (Å²) in [4.78, 5) is 19.5. The molecule has 5 heteroatoms. The van der Waals surface area contributed by atoms with Gasteiger partial charge in [0.15, 0.2) is 0 Å². The van der Waals surface area contributed by atoms with E-state index in [0.29, 0.717) is 18.8 Å². The molecule has 0 saturated heterocycles. The largest absolute Gasteiger partial charge is 0.492 e. The van der Waals surface area contributed by atoms with Gasteiger partial charge < -0.3 is 10.1 Å². The molecule has 1 aromatic heterocycles. The number of rotatable bonds is 5. The highest BCUT2D eigenvalue weighted by Crippen LogP contribution is 2.25. The van der Waals surface area contributed by atoms with Crippen molar-refractivity contribution in [3.05, 3.63) is 53.6 Å². The lowest BCUT2D eigenvalue weighted by Crippen LogP contribution is -2.28. The van der Waals surface area contributed by atoms with Crippen LogP contribution in [0.3, 0.4) is 0 Å². The first-order valence-corrected chi connectivity index (χ1v) is 7.12. The van der Waals surface area contributed by atoms with E-state index < -0.39 is 0 Å². The first-order valence-electron chi connectivity index (χ1n) is 7.12. The normalized spacial score (nSPS) is 12.8. The van der Waals surface area contributed by atoms with E-state index in [4.69, 9.17) is 4.74 Å². The highest BCUT2D eigenvalue weighted by molar-refractivity contribution is 5.91. The maximum atomic E-state index is 11.7. The van der Waals surface area contributed by atoms with Crippen LogP contribution in [-0.2, 0) is 12.8 Å². The number of nitrogens with one attached hydrogen (secondary N) is 1. The van der Waals surface area contributed by atoms with Gasteiger partial charge in [0.05, 0.1) is 12.7 Å². The Balaban J connectivity index is 1.45. The smallest absolute Gasteiger partial charge is 0.271 e. The first-order chi connectivity index (χ1) is 10.3. The van der Waals surface area contributed by atoms with E-state index in [0.717, 1.165) is 12.2 Å². The van der Waals surface area contributed by atoms with E-state index in [1.807, 2.05) is 6.07 Å². The summed E-state index contributed by atoms with van der Waals surface area (Å²) in [5.41, 5.74) is 3.13. The topological polar surface area (TPSA) is 64.1 Å². The van der Waals surface area contributed by atoms with Crippen molar-refractivity contribution in [2.24, 2.45) is 0 Å². The Bertz CT molecular complexity index is 629. The van der Waals surface area contributed by atoms with Gasteiger partial charge in [0, 0.05) is 12.4 Å². The summed E-state index contributed by atoms with van der Waals surface area (Å²) in [7, 11) is 0. The molecular formula is C16H17N3O2. The van der Waals surface area contributed by atoms with Crippen molar-refractivity contribution in [3.8, 4) is 5.75 Å². The van der Waals surface area contributed by atoms with E-state index in [9.17, 15) is 4.79 Å². The molecule has 1 aromatic carbocycles. The highest BCUT2D eigenvalue weighted by atomic mass is 16.5. The van der Waals surface area contributed by atoms with Crippen LogP contribution >= 0.6 is 0 Å². The Kier molecular flexibility index (Phi) is 4.09. The fourth-order valence-electron chi connectivity index (χ4n) is 2.48. The number of aryl methyl sites for hydroxylation is 2. The summed E-state index contributed by atoms with van der Waals surface area (Å²) in [5.74, 6) is 0.630. The number of hydrogen-bond donors (Lipinski definition) is 1. The summed E-state index contributed by atoms with van der Waals surface area (Å²) >= 11 is 0. The van der Waals surface area contributed by atoms with E-state index in [1.54, 1.807) is 0 Å². The number of benzene rings is 1. The average molecular weight is 283 g/mol. The van der Waals surface area contributed by atoms with Crippen LogP contribution in [-0.4, -0.2) is 29.0 Å². The van der Waals surface area contributed by atoms with Gasteiger partial charge in [0.2, 0.25) is 0 Å². The number of amides is 1. The maximum Gasteiger partial charge on any atom is 0.271 e. The van der Waals surface area contributed by atoms with Gasteiger partial charge >= 0.3 is 0 Å². The zero-order valence-electron chi connectivity index (χ0n) is 11.7. The van der Waals surface area contributed by atoms with Gasteiger partial charge in [-0.3, -0.25) is 9.78 Å². The van der Waals surface area contributed by atoms with Crippen molar-refractivity contribution in [2.75, 3.05) is 13.2 Å². The van der Waals surface area contributed by atoms with Crippen molar-refractivity contribution in [1.82, 2.24) is 15.3 Å². The molecule has 1 N–H and O–H groups in total. The zero-order chi connectivity index (χ0) is 14.5. The van der Waals surface area contributed by atoms with Gasteiger partial charge in [-0.25, -0.2) is 4.98 Å². The Labute approximate surface area is 123 Å². The minimum absolute atomic E-state index is 0.236. The van der Waals surface area contributed by atoms with Crippen molar-refractivity contribution < 1.29 is 9.53 Å². The van der Waals surface area contributed by atoms with Gasteiger partial charge in [0.25, 0.3) is 5.91 Å². The van der Waals surface area contributed by atoms with Crippen molar-refractivity contribution in [1.29, 1.82) is 0 Å². The lowest BCUT2D eigenvalue weighted by molar-refractivity contribution is 0.0941. The Morgan fingerprint density at radius 1 is 1.24 bits per heavy atom. The predicted octanol–water partition coefficient (Wildman–Crippen LogP) is 1.77. The molecule has 3 rings (SSSR count). The molecule has 0 aliphatic heterocycles. The molecule has 2 aromatic rings. The molecule has 21 heavy (non-hydrogen) atoms. The third kappa shape index (κ3) is 3.37. The summed E-state index contributed by atoms with van der Waals surface area (Å²) in [6.07, 6.45) is 8.01. The molecule has 1 heterocycles. The number of ether oxygens (including phenoxy) is 1. The van der Waals surface area contributed by atoms with Gasteiger partial charge in [0.1, 0.15) is 18.1 Å². The van der Waals surface area contributed by atoms with Gasteiger partial charge in [-0.2, -0.15) is 0 Å². The fourth-order valence-corrected chi connectivity index (χ4v) is 2.48. The number of carbonyl (C=O) groups excluding carboxylic acids is 1. The lowest BCUT2D eigenvalue weighted by Gasteiger charge is -2.09. The number of aromatic nitrogens is 2. The Morgan fingerprint density at radius 3 is 3.00 bits per heavy atom. The van der Waals surface area contributed by atoms with E-state index >= 15 is 0 Å². The third-order valence-electron chi connectivity index (χ3n) is 3.52. The van der Waals surface area contributed by atoms with E-state index in [1.165, 1.54) is 42.6 Å². The molecule has 0 spiro atoms. The van der Waals surface area contributed by atoms with Gasteiger partial charge in [-0.1, -0.05) is 6.07 Å². The summed E-state index contributed by atoms with van der Waals surface area (Å²) in [6.45, 7) is 0.872. The first kappa shape index (κ1) is 13.5. The number of carbonyl (C=O) groups is 1. The zero-order valence-corrected chi connectivity index (χ0v) is 11.7. The molecule has 0 atom stereocenters. The Hall–Kier alpha value is -2.43. The number of fused-ring (bicyclic) bond motifs is 1. The van der Waals surface area contributed by atoms with Gasteiger partial charge in [-0.15, -0.1) is 0 Å². The van der Waals surface area contributed by atoms with Crippen LogP contribution in [0.1, 0.15) is 28.0 Å². The SMILES string of the molecule is O=C(NCCOc1ccc2c(c1)CCC2)c1cnccn1. The molecular weight excluding hydrogens is 266 g/mol. The average Bonchev–Trinajstić information content (AvgIpc) is 3.00. The molecule has 0 radical (unpaired) electrons. The molecule has 0 bridgehead atoms. The van der Waals surface area contributed by atoms with Crippen molar-refractivity contribution >= 4 is 5.91 Å².